The maximum Gasteiger partial charge on any atom is 0.0587 e. The molecule has 17 heavy (non-hydrogen) atoms. The Balaban J connectivity index is 1.99. The van der Waals surface area contributed by atoms with E-state index in [0.717, 1.165) is 44.2 Å². The third-order valence-corrected chi connectivity index (χ3v) is 4.19. The van der Waals surface area contributed by atoms with Gasteiger partial charge >= 0.3 is 0 Å². The Morgan fingerprint density at radius 3 is 2.71 bits per heavy atom. The van der Waals surface area contributed by atoms with E-state index in [0.29, 0.717) is 0 Å². The predicted molar refractivity (Wildman–Crippen MR) is 75.1 cm³/mol. The van der Waals surface area contributed by atoms with Gasteiger partial charge in [0.25, 0.3) is 0 Å². The minimum absolute atomic E-state index is 0.775. The number of nitrogens with one attached hydrogen (secondary N) is 2. The number of aryl methyl sites for hydroxylation is 1. The van der Waals surface area contributed by atoms with Gasteiger partial charge in [-0.2, -0.15) is 0 Å². The lowest BCUT2D eigenvalue weighted by atomic mass is 10.3. The molecule has 0 fully saturated rings. The maximum atomic E-state index is 6.15. The Morgan fingerprint density at radius 2 is 2.06 bits per heavy atom. The number of rotatable bonds is 9. The second kappa shape index (κ2) is 8.89. The fourth-order valence-electron chi connectivity index (χ4n) is 1.44. The van der Waals surface area contributed by atoms with E-state index in [1.54, 1.807) is 18.4 Å². The van der Waals surface area contributed by atoms with Crippen LogP contribution in [-0.2, 0) is 11.3 Å². The summed E-state index contributed by atoms with van der Waals surface area (Å²) in [6.07, 6.45) is 1.12. The monoisotopic (exact) mass is 276 g/mol. The molecule has 0 aromatic carbocycles. The van der Waals surface area contributed by atoms with Gasteiger partial charge < -0.3 is 15.4 Å². The normalized spacial score (nSPS) is 11.0. The summed E-state index contributed by atoms with van der Waals surface area (Å²) in [6, 6.07) is 0. The Labute approximate surface area is 113 Å². The molecule has 0 aliphatic carbocycles. The van der Waals surface area contributed by atoms with Gasteiger partial charge in [-0.25, -0.2) is 0 Å². The molecule has 0 aliphatic rings. The highest BCUT2D eigenvalue weighted by Gasteiger charge is 2.04. The smallest absolute Gasteiger partial charge is 0.0587 e. The van der Waals surface area contributed by atoms with Crippen LogP contribution in [0.1, 0.15) is 16.9 Å². The number of thiophene rings is 1. The van der Waals surface area contributed by atoms with Crippen molar-refractivity contribution in [3.05, 3.63) is 20.8 Å². The van der Waals surface area contributed by atoms with Gasteiger partial charge in [-0.3, -0.25) is 0 Å². The molecule has 0 bridgehead atoms. The molecule has 1 heterocycles. The number of ether oxygens (including phenoxy) is 1. The molecular weight excluding hydrogens is 256 g/mol. The number of methoxy groups -OCH3 is 1. The highest BCUT2D eigenvalue weighted by atomic mass is 35.5. The number of hydrogen-bond acceptors (Lipinski definition) is 4. The highest BCUT2D eigenvalue weighted by Crippen LogP contribution is 2.26. The Hall–Kier alpha value is -0.130. The second-order valence-electron chi connectivity index (χ2n) is 3.93. The average molecular weight is 277 g/mol. The first-order chi connectivity index (χ1) is 8.25. The van der Waals surface area contributed by atoms with E-state index in [1.165, 1.54) is 10.4 Å². The first-order valence-corrected chi connectivity index (χ1v) is 7.14. The zero-order valence-corrected chi connectivity index (χ0v) is 12.1. The summed E-state index contributed by atoms with van der Waals surface area (Å²) in [4.78, 5) is 1.23. The van der Waals surface area contributed by atoms with Gasteiger partial charge in [0.2, 0.25) is 0 Å². The fraction of sp³-hybridized carbons (Fsp3) is 0.667. The zero-order chi connectivity index (χ0) is 12.5. The lowest BCUT2D eigenvalue weighted by Gasteiger charge is -2.05. The molecule has 0 saturated carbocycles. The molecule has 0 radical (unpaired) electrons. The van der Waals surface area contributed by atoms with Crippen LogP contribution in [0.3, 0.4) is 0 Å². The van der Waals surface area contributed by atoms with Crippen LogP contribution in [0.4, 0.5) is 0 Å². The number of hydrogen-bond donors (Lipinski definition) is 2. The van der Waals surface area contributed by atoms with Crippen LogP contribution in [0.25, 0.3) is 0 Å². The first kappa shape index (κ1) is 14.9. The van der Waals surface area contributed by atoms with E-state index in [9.17, 15) is 0 Å². The van der Waals surface area contributed by atoms with Crippen molar-refractivity contribution in [2.75, 3.05) is 33.4 Å². The van der Waals surface area contributed by atoms with Crippen molar-refractivity contribution in [2.24, 2.45) is 0 Å². The maximum absolute atomic E-state index is 6.15. The van der Waals surface area contributed by atoms with Crippen molar-refractivity contribution in [3.63, 3.8) is 0 Å². The molecular formula is C12H21ClN2OS. The molecule has 1 rings (SSSR count). The Bertz CT molecular complexity index is 317. The Morgan fingerprint density at radius 1 is 1.29 bits per heavy atom. The summed E-state index contributed by atoms with van der Waals surface area (Å²) in [5, 5.41) is 9.73. The number of halogens is 1. The van der Waals surface area contributed by atoms with Crippen LogP contribution in [0.15, 0.2) is 5.38 Å². The van der Waals surface area contributed by atoms with Crippen molar-refractivity contribution in [1.29, 1.82) is 0 Å². The summed E-state index contributed by atoms with van der Waals surface area (Å²) >= 11 is 7.87. The van der Waals surface area contributed by atoms with E-state index >= 15 is 0 Å². The largest absolute Gasteiger partial charge is 0.383 e. The van der Waals surface area contributed by atoms with Gasteiger partial charge in [0.1, 0.15) is 0 Å². The summed E-state index contributed by atoms with van der Waals surface area (Å²) in [7, 11) is 1.72. The molecule has 0 amide bonds. The molecule has 0 saturated heterocycles. The van der Waals surface area contributed by atoms with Crippen LogP contribution in [-0.4, -0.2) is 33.4 Å². The minimum Gasteiger partial charge on any atom is -0.383 e. The summed E-state index contributed by atoms with van der Waals surface area (Å²) in [6.45, 7) is 6.64. The standard InChI is InChI=1S/C12H21ClN2OS/c1-10-9-17-11(12(10)13)8-15-5-3-4-14-6-7-16-2/h9,14-15H,3-8H2,1-2H3. The molecule has 98 valence electrons. The molecule has 1 aromatic rings. The van der Waals surface area contributed by atoms with Gasteiger partial charge in [0, 0.05) is 25.1 Å². The van der Waals surface area contributed by atoms with Gasteiger partial charge in [-0.05, 0) is 37.4 Å². The van der Waals surface area contributed by atoms with Crippen molar-refractivity contribution < 1.29 is 4.74 Å². The minimum atomic E-state index is 0.775. The van der Waals surface area contributed by atoms with E-state index in [2.05, 4.69) is 16.0 Å². The highest BCUT2D eigenvalue weighted by molar-refractivity contribution is 7.10. The predicted octanol–water partition coefficient (Wildman–Crippen LogP) is 2.43. The van der Waals surface area contributed by atoms with E-state index < -0.39 is 0 Å². The molecule has 5 heteroatoms. The summed E-state index contributed by atoms with van der Waals surface area (Å²) in [5.74, 6) is 0. The topological polar surface area (TPSA) is 33.3 Å². The lowest BCUT2D eigenvalue weighted by molar-refractivity contribution is 0.199. The fourth-order valence-corrected chi connectivity index (χ4v) is 2.65. The van der Waals surface area contributed by atoms with Crippen LogP contribution < -0.4 is 10.6 Å². The molecule has 3 nitrogen and oxygen atoms in total. The van der Waals surface area contributed by atoms with Crippen molar-refractivity contribution in [2.45, 2.75) is 19.9 Å². The first-order valence-electron chi connectivity index (χ1n) is 5.88. The van der Waals surface area contributed by atoms with Gasteiger partial charge in [0.15, 0.2) is 0 Å². The van der Waals surface area contributed by atoms with Gasteiger partial charge in [-0.15, -0.1) is 11.3 Å². The quantitative estimate of drug-likeness (QED) is 0.680. The zero-order valence-electron chi connectivity index (χ0n) is 10.5. The SMILES string of the molecule is COCCNCCCNCc1scc(C)c1Cl. The second-order valence-corrected chi connectivity index (χ2v) is 5.27. The van der Waals surface area contributed by atoms with Crippen molar-refractivity contribution in [3.8, 4) is 0 Å². The summed E-state index contributed by atoms with van der Waals surface area (Å²) in [5.41, 5.74) is 1.18. The van der Waals surface area contributed by atoms with E-state index in [-0.39, 0.29) is 0 Å². The van der Waals surface area contributed by atoms with Crippen molar-refractivity contribution in [1.82, 2.24) is 10.6 Å². The average Bonchev–Trinajstić information content (AvgIpc) is 2.64. The molecule has 0 unspecified atom stereocenters. The van der Waals surface area contributed by atoms with Crippen LogP contribution in [0, 0.1) is 6.92 Å². The third-order valence-electron chi connectivity index (χ3n) is 2.44. The van der Waals surface area contributed by atoms with Gasteiger partial charge in [0.05, 0.1) is 11.6 Å². The Kier molecular flexibility index (Phi) is 7.81. The van der Waals surface area contributed by atoms with Crippen molar-refractivity contribution >= 4 is 22.9 Å². The van der Waals surface area contributed by atoms with Crippen LogP contribution in [0.5, 0.6) is 0 Å². The van der Waals surface area contributed by atoms with Gasteiger partial charge in [-0.1, -0.05) is 11.6 Å². The molecule has 0 spiro atoms. The third kappa shape index (κ3) is 5.84. The van der Waals surface area contributed by atoms with E-state index in [1.807, 2.05) is 6.92 Å². The molecule has 2 N–H and O–H groups in total. The van der Waals surface area contributed by atoms with E-state index in [4.69, 9.17) is 16.3 Å². The molecule has 1 aromatic heterocycles. The van der Waals surface area contributed by atoms with Crippen LogP contribution in [0.2, 0.25) is 5.02 Å². The molecule has 0 aliphatic heterocycles. The summed E-state index contributed by atoms with van der Waals surface area (Å²) < 4.78 is 4.95. The lowest BCUT2D eigenvalue weighted by Crippen LogP contribution is -2.24. The molecule has 0 atom stereocenters. The van der Waals surface area contributed by atoms with Crippen LogP contribution >= 0.6 is 22.9 Å².